The molecule has 3 rings (SSSR count). The molecule has 2 N–H and O–H groups in total. The van der Waals surface area contributed by atoms with Crippen molar-refractivity contribution in [1.29, 1.82) is 0 Å². The molecule has 1 saturated carbocycles. The predicted octanol–water partition coefficient (Wildman–Crippen LogP) is 1.91. The number of hydrogen-bond donors (Lipinski definition) is 2. The molecule has 2 aliphatic rings. The van der Waals surface area contributed by atoms with Crippen LogP contribution in [0.5, 0.6) is 0 Å². The maximum absolute atomic E-state index is 12.4. The molecule has 1 spiro atoms. The van der Waals surface area contributed by atoms with E-state index in [1.54, 1.807) is 10.9 Å². The van der Waals surface area contributed by atoms with Gasteiger partial charge in [0.1, 0.15) is 0 Å². The highest BCUT2D eigenvalue weighted by Crippen LogP contribution is 2.34. The summed E-state index contributed by atoms with van der Waals surface area (Å²) in [4.78, 5) is 12.4. The number of piperidine rings is 1. The predicted molar refractivity (Wildman–Crippen MR) is 82.3 cm³/mol. The highest BCUT2D eigenvalue weighted by atomic mass is 16.1. The van der Waals surface area contributed by atoms with E-state index in [0.717, 1.165) is 25.1 Å². The van der Waals surface area contributed by atoms with Gasteiger partial charge < -0.3 is 10.6 Å². The number of carbonyl (C=O) groups excluding carboxylic acids is 1. The Balaban J connectivity index is 1.64. The lowest BCUT2D eigenvalue weighted by molar-refractivity contribution is 0.0892. The number of amides is 1. The van der Waals surface area contributed by atoms with E-state index in [9.17, 15) is 4.79 Å². The molecule has 1 aromatic heterocycles. The van der Waals surface area contributed by atoms with Crippen LogP contribution in [0.2, 0.25) is 0 Å². The van der Waals surface area contributed by atoms with Crippen LogP contribution in [0, 0.1) is 6.92 Å². The summed E-state index contributed by atoms with van der Waals surface area (Å²) in [6.07, 6.45) is 10.3. The molecule has 1 aliphatic carbocycles. The van der Waals surface area contributed by atoms with E-state index in [2.05, 4.69) is 15.7 Å². The van der Waals surface area contributed by atoms with Gasteiger partial charge in [-0.25, -0.2) is 0 Å². The molecule has 0 aromatic carbocycles. The number of carbonyl (C=O) groups is 1. The van der Waals surface area contributed by atoms with Gasteiger partial charge in [0.05, 0.1) is 11.8 Å². The van der Waals surface area contributed by atoms with Gasteiger partial charge in [-0.15, -0.1) is 0 Å². The van der Waals surface area contributed by atoms with Crippen molar-refractivity contribution in [3.63, 3.8) is 0 Å². The molecule has 1 atom stereocenters. The minimum atomic E-state index is 0.0264. The molecule has 5 heteroatoms. The zero-order chi connectivity index (χ0) is 14.9. The van der Waals surface area contributed by atoms with Crippen molar-refractivity contribution in [3.05, 3.63) is 17.5 Å². The Morgan fingerprint density at radius 2 is 2.19 bits per heavy atom. The number of aryl methyl sites for hydroxylation is 1. The maximum atomic E-state index is 12.4. The summed E-state index contributed by atoms with van der Waals surface area (Å²) in [6.45, 7) is 2.95. The van der Waals surface area contributed by atoms with Crippen molar-refractivity contribution in [2.45, 2.75) is 63.5 Å². The Morgan fingerprint density at radius 1 is 1.43 bits per heavy atom. The number of hydrogen-bond acceptors (Lipinski definition) is 3. The normalized spacial score (nSPS) is 25.0. The second-order valence-electron chi connectivity index (χ2n) is 6.70. The smallest absolute Gasteiger partial charge is 0.254 e. The maximum Gasteiger partial charge on any atom is 0.254 e. The third kappa shape index (κ3) is 2.98. The standard InChI is InChI=1S/C16H26N4O/c1-12-14(11-18-20(12)2)15(21)19-13-6-9-17-16(10-13)7-4-3-5-8-16/h11,13,17H,3-10H2,1-2H3,(H,19,21). The largest absolute Gasteiger partial charge is 0.349 e. The first-order chi connectivity index (χ1) is 10.1. The second kappa shape index (κ2) is 5.79. The van der Waals surface area contributed by atoms with Crippen molar-refractivity contribution < 1.29 is 4.79 Å². The Morgan fingerprint density at radius 3 is 2.86 bits per heavy atom. The first-order valence-electron chi connectivity index (χ1n) is 8.14. The number of rotatable bonds is 2. The second-order valence-corrected chi connectivity index (χ2v) is 6.70. The van der Waals surface area contributed by atoms with E-state index in [-0.39, 0.29) is 17.5 Å². The van der Waals surface area contributed by atoms with Crippen molar-refractivity contribution in [2.75, 3.05) is 6.54 Å². The van der Waals surface area contributed by atoms with Crippen molar-refractivity contribution >= 4 is 5.91 Å². The van der Waals surface area contributed by atoms with E-state index < -0.39 is 0 Å². The highest BCUT2D eigenvalue weighted by Gasteiger charge is 2.37. The summed E-state index contributed by atoms with van der Waals surface area (Å²) in [5, 5.41) is 11.1. The minimum Gasteiger partial charge on any atom is -0.349 e. The minimum absolute atomic E-state index is 0.0264. The zero-order valence-corrected chi connectivity index (χ0v) is 13.1. The van der Waals surface area contributed by atoms with Gasteiger partial charge in [0.25, 0.3) is 5.91 Å². The van der Waals surface area contributed by atoms with Crippen molar-refractivity contribution in [1.82, 2.24) is 20.4 Å². The van der Waals surface area contributed by atoms with Crippen molar-refractivity contribution in [2.24, 2.45) is 7.05 Å². The van der Waals surface area contributed by atoms with Crippen LogP contribution in [0.3, 0.4) is 0 Å². The van der Waals surface area contributed by atoms with Gasteiger partial charge >= 0.3 is 0 Å². The van der Waals surface area contributed by atoms with E-state index >= 15 is 0 Å². The van der Waals surface area contributed by atoms with E-state index in [4.69, 9.17) is 0 Å². The van der Waals surface area contributed by atoms with Crippen LogP contribution in [0.4, 0.5) is 0 Å². The molecule has 2 fully saturated rings. The van der Waals surface area contributed by atoms with Gasteiger partial charge in [-0.3, -0.25) is 9.48 Å². The molecule has 1 unspecified atom stereocenters. The lowest BCUT2D eigenvalue weighted by Gasteiger charge is -2.44. The molecular weight excluding hydrogens is 264 g/mol. The molecule has 21 heavy (non-hydrogen) atoms. The fourth-order valence-corrected chi connectivity index (χ4v) is 3.87. The molecule has 2 heterocycles. The van der Waals surface area contributed by atoms with E-state index in [0.29, 0.717) is 5.56 Å². The van der Waals surface area contributed by atoms with Gasteiger partial charge in [-0.1, -0.05) is 19.3 Å². The van der Waals surface area contributed by atoms with Gasteiger partial charge in [-0.05, 0) is 39.2 Å². The SMILES string of the molecule is Cc1c(C(=O)NC2CCNC3(CCCCC3)C2)cnn1C. The molecule has 1 aromatic rings. The Kier molecular flexibility index (Phi) is 4.02. The van der Waals surface area contributed by atoms with Crippen LogP contribution in [0.1, 0.15) is 61.0 Å². The number of nitrogens with zero attached hydrogens (tertiary/aromatic N) is 2. The lowest BCUT2D eigenvalue weighted by Crippen LogP contribution is -2.57. The fraction of sp³-hybridized carbons (Fsp3) is 0.750. The monoisotopic (exact) mass is 290 g/mol. The van der Waals surface area contributed by atoms with Crippen LogP contribution in [-0.4, -0.2) is 33.8 Å². The van der Waals surface area contributed by atoms with Crippen LogP contribution in [0.15, 0.2) is 6.20 Å². The van der Waals surface area contributed by atoms with Gasteiger partial charge in [0.2, 0.25) is 0 Å². The van der Waals surface area contributed by atoms with Crippen molar-refractivity contribution in [3.8, 4) is 0 Å². The average molecular weight is 290 g/mol. The molecule has 0 radical (unpaired) electrons. The van der Waals surface area contributed by atoms with E-state index in [1.807, 2.05) is 14.0 Å². The summed E-state index contributed by atoms with van der Waals surface area (Å²) in [7, 11) is 1.87. The summed E-state index contributed by atoms with van der Waals surface area (Å²) in [6, 6.07) is 0.288. The summed E-state index contributed by atoms with van der Waals surface area (Å²) < 4.78 is 1.75. The van der Waals surface area contributed by atoms with Crippen LogP contribution >= 0.6 is 0 Å². The molecule has 5 nitrogen and oxygen atoms in total. The molecule has 1 aliphatic heterocycles. The molecule has 0 bridgehead atoms. The van der Waals surface area contributed by atoms with Gasteiger partial charge in [0, 0.05) is 24.3 Å². The molecule has 1 saturated heterocycles. The Labute approximate surface area is 126 Å². The summed E-state index contributed by atoms with van der Waals surface area (Å²) in [5.41, 5.74) is 1.90. The van der Waals surface area contributed by atoms with Crippen LogP contribution < -0.4 is 10.6 Å². The first kappa shape index (κ1) is 14.6. The van der Waals surface area contributed by atoms with Crippen LogP contribution in [0.25, 0.3) is 0 Å². The summed E-state index contributed by atoms with van der Waals surface area (Å²) in [5.74, 6) is 0.0264. The third-order valence-corrected chi connectivity index (χ3v) is 5.26. The van der Waals surface area contributed by atoms with Gasteiger partial charge in [-0.2, -0.15) is 5.10 Å². The molecular formula is C16H26N4O. The summed E-state index contributed by atoms with van der Waals surface area (Å²) >= 11 is 0. The average Bonchev–Trinajstić information content (AvgIpc) is 2.80. The Bertz CT molecular complexity index is 511. The van der Waals surface area contributed by atoms with E-state index in [1.165, 1.54) is 32.1 Å². The van der Waals surface area contributed by atoms with Crippen LogP contribution in [-0.2, 0) is 7.05 Å². The molecule has 116 valence electrons. The number of aromatic nitrogens is 2. The Hall–Kier alpha value is -1.36. The third-order valence-electron chi connectivity index (χ3n) is 5.26. The lowest BCUT2D eigenvalue weighted by atomic mass is 9.75. The highest BCUT2D eigenvalue weighted by molar-refractivity contribution is 5.95. The topological polar surface area (TPSA) is 59.0 Å². The fourth-order valence-electron chi connectivity index (χ4n) is 3.87. The number of nitrogens with one attached hydrogen (secondary N) is 2. The zero-order valence-electron chi connectivity index (χ0n) is 13.1. The van der Waals surface area contributed by atoms with Gasteiger partial charge in [0.15, 0.2) is 0 Å². The quantitative estimate of drug-likeness (QED) is 0.875. The molecule has 1 amide bonds. The first-order valence-corrected chi connectivity index (χ1v) is 8.14.